The summed E-state index contributed by atoms with van der Waals surface area (Å²) in [6, 6.07) is 4.70. The quantitative estimate of drug-likeness (QED) is 0.822. The van der Waals surface area contributed by atoms with Gasteiger partial charge >= 0.3 is 0 Å². The van der Waals surface area contributed by atoms with Gasteiger partial charge in [-0.25, -0.2) is 0 Å². The summed E-state index contributed by atoms with van der Waals surface area (Å²) in [5.41, 5.74) is 2.65. The number of rotatable bonds is 3. The second kappa shape index (κ2) is 4.75. The van der Waals surface area contributed by atoms with Crippen LogP contribution in [0.5, 0.6) is 0 Å². The highest BCUT2D eigenvalue weighted by Gasteiger charge is 2.23. The minimum atomic E-state index is 0.265. The molecule has 1 aromatic rings. The summed E-state index contributed by atoms with van der Waals surface area (Å²) < 4.78 is 0. The SMILES string of the molecule is CNC(Cc1ccc(C)cn1)C(C)(C)C. The van der Waals surface area contributed by atoms with Crippen LogP contribution in [0.1, 0.15) is 32.0 Å². The lowest BCUT2D eigenvalue weighted by atomic mass is 9.84. The molecule has 0 aliphatic rings. The monoisotopic (exact) mass is 206 g/mol. The molecular weight excluding hydrogens is 184 g/mol. The number of pyridine rings is 1. The molecule has 0 spiro atoms. The fourth-order valence-corrected chi connectivity index (χ4v) is 1.67. The average molecular weight is 206 g/mol. The summed E-state index contributed by atoms with van der Waals surface area (Å²) >= 11 is 0. The maximum absolute atomic E-state index is 4.44. The third-order valence-corrected chi connectivity index (χ3v) is 2.78. The first-order valence-electron chi connectivity index (χ1n) is 5.52. The van der Waals surface area contributed by atoms with Crippen molar-refractivity contribution in [1.82, 2.24) is 10.3 Å². The molecule has 0 aliphatic carbocycles. The Morgan fingerprint density at radius 3 is 2.40 bits per heavy atom. The van der Waals surface area contributed by atoms with E-state index in [1.54, 1.807) is 0 Å². The fourth-order valence-electron chi connectivity index (χ4n) is 1.67. The molecule has 0 amide bonds. The highest BCUT2D eigenvalue weighted by molar-refractivity contribution is 5.13. The molecule has 1 aromatic heterocycles. The highest BCUT2D eigenvalue weighted by Crippen LogP contribution is 2.21. The van der Waals surface area contributed by atoms with Gasteiger partial charge in [0.05, 0.1) is 0 Å². The number of nitrogens with one attached hydrogen (secondary N) is 1. The number of aromatic nitrogens is 1. The van der Waals surface area contributed by atoms with Crippen molar-refractivity contribution in [2.45, 2.75) is 40.2 Å². The van der Waals surface area contributed by atoms with Crippen LogP contribution in [0.3, 0.4) is 0 Å². The molecular formula is C13H22N2. The molecule has 1 N–H and O–H groups in total. The van der Waals surface area contributed by atoms with Crippen molar-refractivity contribution in [3.63, 3.8) is 0 Å². The molecule has 84 valence electrons. The molecule has 2 heteroatoms. The Labute approximate surface area is 93.1 Å². The first-order valence-corrected chi connectivity index (χ1v) is 5.52. The summed E-state index contributed by atoms with van der Waals surface area (Å²) in [7, 11) is 2.02. The molecule has 0 bridgehead atoms. The van der Waals surface area contributed by atoms with Crippen LogP contribution < -0.4 is 5.32 Å². The zero-order chi connectivity index (χ0) is 11.5. The highest BCUT2D eigenvalue weighted by atomic mass is 14.9. The van der Waals surface area contributed by atoms with E-state index in [0.29, 0.717) is 6.04 Å². The van der Waals surface area contributed by atoms with E-state index in [9.17, 15) is 0 Å². The van der Waals surface area contributed by atoms with Crippen LogP contribution >= 0.6 is 0 Å². The van der Waals surface area contributed by atoms with Crippen LogP contribution in [0.4, 0.5) is 0 Å². The molecule has 0 radical (unpaired) electrons. The van der Waals surface area contributed by atoms with Gasteiger partial charge in [0, 0.05) is 24.4 Å². The summed E-state index contributed by atoms with van der Waals surface area (Å²) in [5.74, 6) is 0. The average Bonchev–Trinajstić information content (AvgIpc) is 2.15. The van der Waals surface area contributed by atoms with Gasteiger partial charge in [0.1, 0.15) is 0 Å². The predicted molar refractivity (Wildman–Crippen MR) is 65.0 cm³/mol. The van der Waals surface area contributed by atoms with Crippen LogP contribution in [0.15, 0.2) is 18.3 Å². The first-order chi connectivity index (χ1) is 6.93. The molecule has 0 fully saturated rings. The van der Waals surface area contributed by atoms with Crippen LogP contribution in [0, 0.1) is 12.3 Å². The van der Waals surface area contributed by atoms with Gasteiger partial charge in [0.2, 0.25) is 0 Å². The largest absolute Gasteiger partial charge is 0.316 e. The third-order valence-electron chi connectivity index (χ3n) is 2.78. The van der Waals surface area contributed by atoms with Gasteiger partial charge in [0.25, 0.3) is 0 Å². The van der Waals surface area contributed by atoms with E-state index < -0.39 is 0 Å². The second-order valence-electron chi connectivity index (χ2n) is 5.24. The van der Waals surface area contributed by atoms with Crippen LogP contribution in [0.2, 0.25) is 0 Å². The standard InChI is InChI=1S/C13H22N2/c1-10-6-7-11(15-9-10)8-12(14-5)13(2,3)4/h6-7,9,12,14H,8H2,1-5H3. The Morgan fingerprint density at radius 1 is 1.33 bits per heavy atom. The number of aryl methyl sites for hydroxylation is 1. The lowest BCUT2D eigenvalue weighted by molar-refractivity contribution is 0.278. The molecule has 1 atom stereocenters. The lowest BCUT2D eigenvalue weighted by Gasteiger charge is -2.30. The lowest BCUT2D eigenvalue weighted by Crippen LogP contribution is -2.39. The minimum absolute atomic E-state index is 0.265. The summed E-state index contributed by atoms with van der Waals surface area (Å²) in [5, 5.41) is 3.37. The van der Waals surface area contributed by atoms with Crippen molar-refractivity contribution in [1.29, 1.82) is 0 Å². The number of hydrogen-bond acceptors (Lipinski definition) is 2. The van der Waals surface area contributed by atoms with E-state index in [1.807, 2.05) is 13.2 Å². The summed E-state index contributed by atoms with van der Waals surface area (Å²) in [6.07, 6.45) is 2.92. The molecule has 1 heterocycles. The van der Waals surface area contributed by atoms with E-state index in [-0.39, 0.29) is 5.41 Å². The summed E-state index contributed by atoms with van der Waals surface area (Å²) in [4.78, 5) is 4.44. The molecule has 0 saturated heterocycles. The minimum Gasteiger partial charge on any atom is -0.316 e. The molecule has 15 heavy (non-hydrogen) atoms. The normalized spacial score (nSPS) is 13.9. The molecule has 0 saturated carbocycles. The molecule has 0 aliphatic heterocycles. The Kier molecular flexibility index (Phi) is 3.86. The zero-order valence-electron chi connectivity index (χ0n) is 10.5. The first kappa shape index (κ1) is 12.2. The van der Waals surface area contributed by atoms with Gasteiger partial charge in [-0.05, 0) is 31.0 Å². The van der Waals surface area contributed by atoms with Crippen molar-refractivity contribution in [3.8, 4) is 0 Å². The fraction of sp³-hybridized carbons (Fsp3) is 0.615. The molecule has 1 unspecified atom stereocenters. The van der Waals surface area contributed by atoms with Crippen LogP contribution in [0.25, 0.3) is 0 Å². The molecule has 2 nitrogen and oxygen atoms in total. The van der Waals surface area contributed by atoms with Crippen LogP contribution in [-0.4, -0.2) is 18.1 Å². The second-order valence-corrected chi connectivity index (χ2v) is 5.24. The predicted octanol–water partition coefficient (Wildman–Crippen LogP) is 2.57. The Hall–Kier alpha value is -0.890. The topological polar surface area (TPSA) is 24.9 Å². The van der Waals surface area contributed by atoms with E-state index in [1.165, 1.54) is 5.56 Å². The van der Waals surface area contributed by atoms with Gasteiger partial charge < -0.3 is 5.32 Å². The maximum atomic E-state index is 4.44. The smallest absolute Gasteiger partial charge is 0.0419 e. The van der Waals surface area contributed by atoms with Crippen molar-refractivity contribution < 1.29 is 0 Å². The van der Waals surface area contributed by atoms with Gasteiger partial charge in [-0.15, -0.1) is 0 Å². The van der Waals surface area contributed by atoms with Gasteiger partial charge in [0.15, 0.2) is 0 Å². The van der Waals surface area contributed by atoms with E-state index in [4.69, 9.17) is 0 Å². The van der Waals surface area contributed by atoms with Crippen molar-refractivity contribution in [3.05, 3.63) is 29.6 Å². The third kappa shape index (κ3) is 3.63. The van der Waals surface area contributed by atoms with Crippen molar-refractivity contribution >= 4 is 0 Å². The van der Waals surface area contributed by atoms with Gasteiger partial charge in [-0.2, -0.15) is 0 Å². The van der Waals surface area contributed by atoms with Crippen LogP contribution in [-0.2, 0) is 6.42 Å². The van der Waals surface area contributed by atoms with Crippen molar-refractivity contribution in [2.24, 2.45) is 5.41 Å². The maximum Gasteiger partial charge on any atom is 0.0419 e. The molecule has 1 rings (SSSR count). The van der Waals surface area contributed by atoms with E-state index in [0.717, 1.165) is 12.1 Å². The molecule has 0 aromatic carbocycles. The Bertz CT molecular complexity index is 295. The Balaban J connectivity index is 2.71. The Morgan fingerprint density at radius 2 is 2.00 bits per heavy atom. The number of hydrogen-bond donors (Lipinski definition) is 1. The van der Waals surface area contributed by atoms with Crippen molar-refractivity contribution in [2.75, 3.05) is 7.05 Å². The van der Waals surface area contributed by atoms with E-state index >= 15 is 0 Å². The number of likely N-dealkylation sites (N-methyl/N-ethyl adjacent to an activating group) is 1. The van der Waals surface area contributed by atoms with Gasteiger partial charge in [-0.1, -0.05) is 26.8 Å². The summed E-state index contributed by atoms with van der Waals surface area (Å²) in [6.45, 7) is 8.82. The number of nitrogens with zero attached hydrogens (tertiary/aromatic N) is 1. The zero-order valence-corrected chi connectivity index (χ0v) is 10.5. The van der Waals surface area contributed by atoms with Gasteiger partial charge in [-0.3, -0.25) is 4.98 Å². The van der Waals surface area contributed by atoms with E-state index in [2.05, 4.69) is 50.1 Å².